The number of carboxylic acids is 1. The van der Waals surface area contributed by atoms with Gasteiger partial charge in [-0.25, -0.2) is 4.79 Å². The molecule has 0 unspecified atom stereocenters. The van der Waals surface area contributed by atoms with Crippen LogP contribution in [0.3, 0.4) is 0 Å². The van der Waals surface area contributed by atoms with Gasteiger partial charge in [0, 0.05) is 16.9 Å². The number of aromatic nitrogens is 1. The van der Waals surface area contributed by atoms with E-state index in [2.05, 4.69) is 20.9 Å². The van der Waals surface area contributed by atoms with E-state index in [0.717, 1.165) is 6.20 Å². The number of aromatic carboxylic acids is 1. The zero-order valence-corrected chi connectivity index (χ0v) is 6.42. The highest BCUT2D eigenvalue weighted by molar-refractivity contribution is 9.10. The molecule has 3 nitrogen and oxygen atoms in total. The van der Waals surface area contributed by atoms with Crippen molar-refractivity contribution >= 4 is 21.9 Å². The van der Waals surface area contributed by atoms with Gasteiger partial charge >= 0.3 is 5.97 Å². The Hall–Kier alpha value is -0.900. The number of halogens is 1. The normalized spacial score (nSPS) is 10.7. The van der Waals surface area contributed by atoms with Crippen molar-refractivity contribution in [2.45, 2.75) is 0 Å². The Balaban J connectivity index is 3.27. The van der Waals surface area contributed by atoms with Gasteiger partial charge < -0.3 is 5.11 Å². The summed E-state index contributed by atoms with van der Waals surface area (Å²) in [5, 5.41) is 8.51. The van der Waals surface area contributed by atoms with E-state index in [0.29, 0.717) is 4.47 Å². The SMILES string of the molecule is [2H]c1c(Br)cncc1C(=O)O. The van der Waals surface area contributed by atoms with E-state index in [-0.39, 0.29) is 11.6 Å². The number of nitrogens with zero attached hydrogens (tertiary/aromatic N) is 1. The third kappa shape index (κ3) is 1.54. The lowest BCUT2D eigenvalue weighted by molar-refractivity contribution is 0.0696. The van der Waals surface area contributed by atoms with Gasteiger partial charge in [-0.15, -0.1) is 0 Å². The van der Waals surface area contributed by atoms with Crippen molar-refractivity contribution in [3.63, 3.8) is 0 Å². The van der Waals surface area contributed by atoms with Crippen LogP contribution in [0.15, 0.2) is 22.9 Å². The molecule has 0 aliphatic carbocycles. The van der Waals surface area contributed by atoms with Gasteiger partial charge in [0.05, 0.1) is 6.93 Å². The molecule has 1 rings (SSSR count). The molecule has 0 saturated heterocycles. The van der Waals surface area contributed by atoms with E-state index in [1.807, 2.05) is 0 Å². The van der Waals surface area contributed by atoms with Crippen LogP contribution in [0.25, 0.3) is 0 Å². The van der Waals surface area contributed by atoms with Gasteiger partial charge in [0.1, 0.15) is 0 Å². The van der Waals surface area contributed by atoms with Crippen molar-refractivity contribution in [1.29, 1.82) is 0 Å². The van der Waals surface area contributed by atoms with Gasteiger partial charge in [-0.2, -0.15) is 0 Å². The molecule has 0 bridgehead atoms. The molecule has 0 amide bonds. The largest absolute Gasteiger partial charge is 0.478 e. The molecule has 0 aliphatic rings. The Morgan fingerprint density at radius 1 is 1.80 bits per heavy atom. The maximum atomic E-state index is 10.4. The summed E-state index contributed by atoms with van der Waals surface area (Å²) in [5.74, 6) is -1.14. The van der Waals surface area contributed by atoms with E-state index < -0.39 is 5.97 Å². The third-order valence-electron chi connectivity index (χ3n) is 0.876. The maximum Gasteiger partial charge on any atom is 0.337 e. The summed E-state index contributed by atoms with van der Waals surface area (Å²) < 4.78 is 7.64. The molecular formula is C6H4BrNO2. The summed E-state index contributed by atoms with van der Waals surface area (Å²) in [6.07, 6.45) is 2.53. The minimum absolute atomic E-state index is 0.0486. The fourth-order valence-electron chi connectivity index (χ4n) is 0.479. The third-order valence-corrected chi connectivity index (χ3v) is 1.28. The van der Waals surface area contributed by atoms with E-state index in [1.165, 1.54) is 6.20 Å². The Morgan fingerprint density at radius 2 is 2.50 bits per heavy atom. The van der Waals surface area contributed by atoms with Gasteiger partial charge in [-0.3, -0.25) is 4.98 Å². The number of hydrogen-bond donors (Lipinski definition) is 1. The first-order valence-corrected chi connectivity index (χ1v) is 3.25. The molecule has 0 saturated carbocycles. The Kier molecular flexibility index (Phi) is 1.63. The number of carboxylic acid groups (broad SMARTS) is 1. The molecule has 10 heavy (non-hydrogen) atoms. The zero-order valence-electron chi connectivity index (χ0n) is 5.84. The van der Waals surface area contributed by atoms with Crippen LogP contribution in [0.1, 0.15) is 11.7 Å². The van der Waals surface area contributed by atoms with Crippen LogP contribution in [0.5, 0.6) is 0 Å². The van der Waals surface area contributed by atoms with Gasteiger partial charge in [0.25, 0.3) is 0 Å². The fraction of sp³-hybridized carbons (Fsp3) is 0. The summed E-state index contributed by atoms with van der Waals surface area (Å²) in [5.41, 5.74) is -0.0978. The lowest BCUT2D eigenvalue weighted by atomic mass is 10.3. The van der Waals surface area contributed by atoms with Crippen molar-refractivity contribution in [3.8, 4) is 0 Å². The molecule has 0 fully saturated rings. The standard InChI is InChI=1S/C6H4BrNO2/c7-5-1-4(6(9)10)2-8-3-5/h1-3H,(H,9,10)/i1D. The summed E-state index contributed by atoms with van der Waals surface area (Å²) >= 11 is 3.00. The zero-order chi connectivity index (χ0) is 8.43. The van der Waals surface area contributed by atoms with E-state index >= 15 is 0 Å². The Morgan fingerprint density at radius 3 is 3.00 bits per heavy atom. The molecule has 4 heteroatoms. The van der Waals surface area contributed by atoms with Crippen LogP contribution in [0.2, 0.25) is 0 Å². The van der Waals surface area contributed by atoms with Crippen molar-refractivity contribution in [1.82, 2.24) is 4.98 Å². The highest BCUT2D eigenvalue weighted by Gasteiger charge is 2.01. The highest BCUT2D eigenvalue weighted by atomic mass is 79.9. The predicted octanol–water partition coefficient (Wildman–Crippen LogP) is 1.54. The van der Waals surface area contributed by atoms with Crippen molar-refractivity contribution in [2.24, 2.45) is 0 Å². The first-order chi connectivity index (χ1) is 5.13. The summed E-state index contributed by atoms with van der Waals surface area (Å²) in [4.78, 5) is 14.0. The predicted molar refractivity (Wildman–Crippen MR) is 38.9 cm³/mol. The highest BCUT2D eigenvalue weighted by Crippen LogP contribution is 2.08. The van der Waals surface area contributed by atoms with Crippen molar-refractivity contribution < 1.29 is 11.3 Å². The van der Waals surface area contributed by atoms with Gasteiger partial charge in [0.2, 0.25) is 0 Å². The monoisotopic (exact) mass is 202 g/mol. The van der Waals surface area contributed by atoms with Crippen LogP contribution in [-0.4, -0.2) is 16.1 Å². The molecule has 1 heterocycles. The van der Waals surface area contributed by atoms with E-state index in [9.17, 15) is 4.79 Å². The molecule has 0 aliphatic heterocycles. The second kappa shape index (κ2) is 2.79. The van der Waals surface area contributed by atoms with Gasteiger partial charge in [0.15, 0.2) is 0 Å². The first kappa shape index (κ1) is 5.85. The topological polar surface area (TPSA) is 50.2 Å². The van der Waals surface area contributed by atoms with Crippen LogP contribution >= 0.6 is 15.9 Å². The molecule has 0 spiro atoms. The molecular weight excluding hydrogens is 198 g/mol. The van der Waals surface area contributed by atoms with Crippen LogP contribution < -0.4 is 0 Å². The number of hydrogen-bond acceptors (Lipinski definition) is 2. The Labute approximate surface area is 67.2 Å². The van der Waals surface area contributed by atoms with E-state index in [1.54, 1.807) is 0 Å². The maximum absolute atomic E-state index is 10.4. The van der Waals surface area contributed by atoms with Gasteiger partial charge in [-0.05, 0) is 22.0 Å². The van der Waals surface area contributed by atoms with Crippen LogP contribution in [0.4, 0.5) is 0 Å². The smallest absolute Gasteiger partial charge is 0.337 e. The molecule has 0 atom stereocenters. The number of carbonyl (C=O) groups is 1. The average molecular weight is 203 g/mol. The summed E-state index contributed by atoms with van der Waals surface area (Å²) in [6, 6.07) is -0.0486. The fourth-order valence-corrected chi connectivity index (χ4v) is 0.811. The minimum atomic E-state index is -1.14. The van der Waals surface area contributed by atoms with Crippen molar-refractivity contribution in [3.05, 3.63) is 28.5 Å². The molecule has 0 radical (unpaired) electrons. The van der Waals surface area contributed by atoms with Crippen LogP contribution in [0, 0.1) is 0 Å². The molecule has 52 valence electrons. The second-order valence-corrected chi connectivity index (χ2v) is 2.45. The summed E-state index contributed by atoms with van der Waals surface area (Å²) in [7, 11) is 0. The quantitative estimate of drug-likeness (QED) is 0.752. The van der Waals surface area contributed by atoms with Gasteiger partial charge in [-0.1, -0.05) is 0 Å². The molecule has 0 aromatic carbocycles. The molecule has 1 aromatic rings. The lowest BCUT2D eigenvalue weighted by Crippen LogP contribution is -1.95. The number of pyridine rings is 1. The second-order valence-electron chi connectivity index (χ2n) is 1.60. The van der Waals surface area contributed by atoms with Crippen molar-refractivity contribution in [2.75, 3.05) is 0 Å². The number of rotatable bonds is 1. The Bertz CT molecular complexity index is 303. The average Bonchev–Trinajstić information content (AvgIpc) is 1.94. The minimum Gasteiger partial charge on any atom is -0.478 e. The first-order valence-electron chi connectivity index (χ1n) is 2.96. The lowest BCUT2D eigenvalue weighted by Gasteiger charge is -1.91. The molecule has 1 N–H and O–H groups in total. The van der Waals surface area contributed by atoms with E-state index in [4.69, 9.17) is 6.48 Å². The van der Waals surface area contributed by atoms with Crippen LogP contribution in [-0.2, 0) is 0 Å². The summed E-state index contributed by atoms with van der Waals surface area (Å²) in [6.45, 7) is 0. The molecule has 1 aromatic heterocycles.